The van der Waals surface area contributed by atoms with E-state index in [1.807, 2.05) is 48.5 Å². The molecule has 1 aromatic carbocycles. The van der Waals surface area contributed by atoms with Crippen molar-refractivity contribution in [2.45, 2.75) is 13.1 Å². The lowest BCUT2D eigenvalue weighted by atomic mass is 10.2. The molecule has 3 aromatic rings. The molecule has 30 heavy (non-hydrogen) atoms. The van der Waals surface area contributed by atoms with Crippen LogP contribution in [-0.4, -0.2) is 60.2 Å². The molecule has 0 aliphatic carbocycles. The van der Waals surface area contributed by atoms with Crippen molar-refractivity contribution in [1.29, 1.82) is 0 Å². The fourth-order valence-electron chi connectivity index (χ4n) is 2.90. The standard InChI is InChI=1S/C22H28N6O2/c1-23-22(26-14-17-9-10-21(25-13-17)30-12-11-29-3)28(2)16-20-24-15-19(27-20)18-7-5-4-6-8-18/h4-10,13,15H,11-12,14,16H2,1-3H3,(H,23,26)(H,24,27). The number of methoxy groups -OCH3 is 1. The Kier molecular flexibility index (Phi) is 7.79. The topological polar surface area (TPSA) is 87.7 Å². The Morgan fingerprint density at radius 2 is 1.93 bits per heavy atom. The van der Waals surface area contributed by atoms with Crippen LogP contribution in [0.4, 0.5) is 0 Å². The Labute approximate surface area is 177 Å². The van der Waals surface area contributed by atoms with Gasteiger partial charge in [-0.05, 0) is 11.1 Å². The zero-order chi connectivity index (χ0) is 21.2. The lowest BCUT2D eigenvalue weighted by Crippen LogP contribution is -2.38. The number of hydrogen-bond donors (Lipinski definition) is 2. The lowest BCUT2D eigenvalue weighted by molar-refractivity contribution is 0.143. The highest BCUT2D eigenvalue weighted by Gasteiger charge is 2.10. The van der Waals surface area contributed by atoms with Crippen LogP contribution in [0.15, 0.2) is 59.9 Å². The number of pyridine rings is 1. The maximum Gasteiger partial charge on any atom is 0.213 e. The van der Waals surface area contributed by atoms with Crippen LogP contribution in [0, 0.1) is 0 Å². The van der Waals surface area contributed by atoms with E-state index in [2.05, 4.69) is 37.4 Å². The van der Waals surface area contributed by atoms with E-state index in [1.165, 1.54) is 0 Å². The third-order valence-electron chi connectivity index (χ3n) is 4.46. The first-order chi connectivity index (χ1) is 14.7. The number of nitrogens with one attached hydrogen (secondary N) is 2. The number of benzene rings is 1. The van der Waals surface area contributed by atoms with Crippen molar-refractivity contribution in [2.24, 2.45) is 4.99 Å². The zero-order valence-electron chi connectivity index (χ0n) is 17.6. The summed E-state index contributed by atoms with van der Waals surface area (Å²) in [4.78, 5) is 18.6. The van der Waals surface area contributed by atoms with Gasteiger partial charge >= 0.3 is 0 Å². The molecule has 0 bridgehead atoms. The minimum Gasteiger partial charge on any atom is -0.475 e. The second kappa shape index (κ2) is 11.0. The molecule has 2 aromatic heterocycles. The van der Waals surface area contributed by atoms with Gasteiger partial charge in [-0.1, -0.05) is 36.4 Å². The molecule has 0 radical (unpaired) electrons. The van der Waals surface area contributed by atoms with Gasteiger partial charge in [-0.2, -0.15) is 0 Å². The number of aromatic amines is 1. The van der Waals surface area contributed by atoms with E-state index >= 15 is 0 Å². The fraction of sp³-hybridized carbons (Fsp3) is 0.318. The minimum atomic E-state index is 0.483. The van der Waals surface area contributed by atoms with E-state index in [4.69, 9.17) is 9.47 Å². The largest absolute Gasteiger partial charge is 0.475 e. The average Bonchev–Trinajstić information content (AvgIpc) is 3.24. The third-order valence-corrected chi connectivity index (χ3v) is 4.46. The highest BCUT2D eigenvalue weighted by molar-refractivity contribution is 5.79. The number of hydrogen-bond acceptors (Lipinski definition) is 5. The molecule has 0 spiro atoms. The first kappa shape index (κ1) is 21.3. The third kappa shape index (κ3) is 6.05. The molecule has 0 unspecified atom stereocenters. The van der Waals surface area contributed by atoms with Crippen LogP contribution in [0.25, 0.3) is 11.3 Å². The molecule has 0 saturated heterocycles. The normalized spacial score (nSPS) is 11.4. The van der Waals surface area contributed by atoms with Crippen LogP contribution in [-0.2, 0) is 17.8 Å². The van der Waals surface area contributed by atoms with Gasteiger partial charge in [-0.3, -0.25) is 4.99 Å². The van der Waals surface area contributed by atoms with Gasteiger partial charge in [0, 0.05) is 40.0 Å². The summed E-state index contributed by atoms with van der Waals surface area (Å²) in [6.45, 7) is 2.24. The summed E-state index contributed by atoms with van der Waals surface area (Å²) < 4.78 is 10.5. The average molecular weight is 409 g/mol. The molecule has 0 fully saturated rings. The van der Waals surface area contributed by atoms with Gasteiger partial charge in [0.05, 0.1) is 25.0 Å². The molecule has 2 N–H and O–H groups in total. The van der Waals surface area contributed by atoms with Crippen molar-refractivity contribution in [3.05, 3.63) is 66.2 Å². The number of H-pyrrole nitrogens is 1. The Balaban J connectivity index is 1.52. The summed E-state index contributed by atoms with van der Waals surface area (Å²) in [7, 11) is 5.38. The summed E-state index contributed by atoms with van der Waals surface area (Å²) in [6.07, 6.45) is 3.65. The lowest BCUT2D eigenvalue weighted by Gasteiger charge is -2.21. The van der Waals surface area contributed by atoms with Crippen LogP contribution >= 0.6 is 0 Å². The zero-order valence-corrected chi connectivity index (χ0v) is 17.6. The summed E-state index contributed by atoms with van der Waals surface area (Å²) in [5, 5.41) is 3.35. The van der Waals surface area contributed by atoms with Crippen molar-refractivity contribution in [2.75, 3.05) is 34.4 Å². The quantitative estimate of drug-likeness (QED) is 0.322. The molecule has 158 valence electrons. The summed E-state index contributed by atoms with van der Waals surface area (Å²) in [6, 6.07) is 14.0. The van der Waals surface area contributed by atoms with Crippen LogP contribution in [0.2, 0.25) is 0 Å². The number of rotatable bonds is 9. The summed E-state index contributed by atoms with van der Waals surface area (Å²) >= 11 is 0. The minimum absolute atomic E-state index is 0.483. The number of guanidine groups is 1. The van der Waals surface area contributed by atoms with Gasteiger partial charge in [-0.15, -0.1) is 0 Å². The van der Waals surface area contributed by atoms with Crippen LogP contribution in [0.5, 0.6) is 5.88 Å². The summed E-state index contributed by atoms with van der Waals surface area (Å²) in [5.41, 5.74) is 3.15. The second-order valence-corrected chi connectivity index (χ2v) is 6.71. The van der Waals surface area contributed by atoms with Crippen LogP contribution < -0.4 is 10.1 Å². The van der Waals surface area contributed by atoms with Crippen molar-refractivity contribution < 1.29 is 9.47 Å². The number of ether oxygens (including phenoxy) is 2. The van der Waals surface area contributed by atoms with Gasteiger partial charge < -0.3 is 24.7 Å². The Morgan fingerprint density at radius 1 is 1.10 bits per heavy atom. The SMILES string of the molecule is CN=C(NCc1ccc(OCCOC)nc1)N(C)Cc1ncc(-c2ccccc2)[nH]1. The maximum atomic E-state index is 5.49. The monoisotopic (exact) mass is 408 g/mol. The first-order valence-electron chi connectivity index (χ1n) is 9.77. The van der Waals surface area contributed by atoms with Gasteiger partial charge in [-0.25, -0.2) is 9.97 Å². The Morgan fingerprint density at radius 3 is 2.63 bits per heavy atom. The van der Waals surface area contributed by atoms with Crippen LogP contribution in [0.3, 0.4) is 0 Å². The van der Waals surface area contributed by atoms with E-state index in [9.17, 15) is 0 Å². The summed E-state index contributed by atoms with van der Waals surface area (Å²) in [5.74, 6) is 2.23. The van der Waals surface area contributed by atoms with E-state index in [1.54, 1.807) is 20.4 Å². The number of imidazole rings is 1. The molecule has 3 rings (SSSR count). The Bertz CT molecular complexity index is 924. The number of nitrogens with zero attached hydrogens (tertiary/aromatic N) is 4. The van der Waals surface area contributed by atoms with Gasteiger partial charge in [0.25, 0.3) is 0 Å². The number of aliphatic imine (C=N–C) groups is 1. The van der Waals surface area contributed by atoms with Crippen molar-refractivity contribution >= 4 is 5.96 Å². The van der Waals surface area contributed by atoms with Gasteiger partial charge in [0.15, 0.2) is 5.96 Å². The molecule has 8 nitrogen and oxygen atoms in total. The van der Waals surface area contributed by atoms with Crippen LogP contribution in [0.1, 0.15) is 11.4 Å². The molecule has 0 aliphatic heterocycles. The predicted molar refractivity (Wildman–Crippen MR) is 117 cm³/mol. The fourth-order valence-corrected chi connectivity index (χ4v) is 2.90. The molecule has 0 amide bonds. The van der Waals surface area contributed by atoms with Gasteiger partial charge in [0.1, 0.15) is 12.4 Å². The second-order valence-electron chi connectivity index (χ2n) is 6.71. The van der Waals surface area contributed by atoms with E-state index in [0.29, 0.717) is 32.2 Å². The molecule has 0 atom stereocenters. The molecular weight excluding hydrogens is 380 g/mol. The predicted octanol–water partition coefficient (Wildman–Crippen LogP) is 2.70. The molecule has 0 aliphatic rings. The van der Waals surface area contributed by atoms with Crippen molar-refractivity contribution in [1.82, 2.24) is 25.2 Å². The van der Waals surface area contributed by atoms with E-state index < -0.39 is 0 Å². The number of aromatic nitrogens is 3. The molecule has 8 heteroatoms. The highest BCUT2D eigenvalue weighted by atomic mass is 16.5. The highest BCUT2D eigenvalue weighted by Crippen LogP contribution is 2.16. The van der Waals surface area contributed by atoms with E-state index in [-0.39, 0.29) is 0 Å². The smallest absolute Gasteiger partial charge is 0.213 e. The van der Waals surface area contributed by atoms with Crippen molar-refractivity contribution in [3.8, 4) is 17.1 Å². The van der Waals surface area contributed by atoms with Crippen molar-refractivity contribution in [3.63, 3.8) is 0 Å². The van der Waals surface area contributed by atoms with Gasteiger partial charge in [0.2, 0.25) is 5.88 Å². The molecular formula is C22H28N6O2. The first-order valence-corrected chi connectivity index (χ1v) is 9.77. The van der Waals surface area contributed by atoms with E-state index in [0.717, 1.165) is 28.6 Å². The maximum absolute atomic E-state index is 5.49. The molecule has 2 heterocycles. The molecule has 0 saturated carbocycles. The Hall–Kier alpha value is -3.39.